The normalized spacial score (nSPS) is 12.2. The number of aromatic nitrogens is 2. The maximum absolute atomic E-state index is 13.4. The Hall–Kier alpha value is -2.15. The number of halogens is 2. The van der Waals surface area contributed by atoms with Gasteiger partial charge in [0.1, 0.15) is 11.5 Å². The molecule has 2 aromatic rings. The lowest BCUT2D eigenvalue weighted by atomic mass is 10.2. The fourth-order valence-corrected chi connectivity index (χ4v) is 1.96. The lowest BCUT2D eigenvalue weighted by Crippen LogP contribution is -2.22. The maximum Gasteiger partial charge on any atom is 0.294 e. The first-order chi connectivity index (χ1) is 9.47. The Balaban J connectivity index is 2.19. The standard InChI is InChI=1S/C12H12ClFN4O2/c1-8(7-17-4-2-3-15-17)16-11-6-10(14)9(13)5-12(11)18(19)20/h2-6,8,16H,7H2,1H3. The van der Waals surface area contributed by atoms with E-state index in [-0.39, 0.29) is 22.4 Å². The fourth-order valence-electron chi connectivity index (χ4n) is 1.80. The highest BCUT2D eigenvalue weighted by Gasteiger charge is 2.19. The smallest absolute Gasteiger partial charge is 0.294 e. The third-order valence-electron chi connectivity index (χ3n) is 2.66. The molecule has 2 rings (SSSR count). The van der Waals surface area contributed by atoms with Crippen LogP contribution >= 0.6 is 11.6 Å². The van der Waals surface area contributed by atoms with Gasteiger partial charge in [-0.3, -0.25) is 14.8 Å². The van der Waals surface area contributed by atoms with Gasteiger partial charge in [0, 0.05) is 30.6 Å². The van der Waals surface area contributed by atoms with E-state index in [0.717, 1.165) is 12.1 Å². The Kier molecular flexibility index (Phi) is 4.19. The lowest BCUT2D eigenvalue weighted by Gasteiger charge is -2.15. The van der Waals surface area contributed by atoms with Crippen molar-refractivity contribution in [3.63, 3.8) is 0 Å². The molecular weight excluding hydrogens is 287 g/mol. The van der Waals surface area contributed by atoms with Gasteiger partial charge in [-0.25, -0.2) is 4.39 Å². The van der Waals surface area contributed by atoms with Crippen LogP contribution in [0.15, 0.2) is 30.6 Å². The number of benzene rings is 1. The molecule has 106 valence electrons. The third-order valence-corrected chi connectivity index (χ3v) is 2.95. The van der Waals surface area contributed by atoms with Crippen LogP contribution in [0.1, 0.15) is 6.92 Å². The van der Waals surface area contributed by atoms with Gasteiger partial charge in [0.2, 0.25) is 0 Å². The summed E-state index contributed by atoms with van der Waals surface area (Å²) >= 11 is 5.56. The van der Waals surface area contributed by atoms with Crippen LogP contribution in [0.3, 0.4) is 0 Å². The van der Waals surface area contributed by atoms with Crippen LogP contribution in [0.25, 0.3) is 0 Å². The summed E-state index contributed by atoms with van der Waals surface area (Å²) in [4.78, 5) is 10.3. The Morgan fingerprint density at radius 3 is 2.95 bits per heavy atom. The molecule has 0 saturated heterocycles. The van der Waals surface area contributed by atoms with Crippen molar-refractivity contribution in [2.24, 2.45) is 0 Å². The van der Waals surface area contributed by atoms with E-state index >= 15 is 0 Å². The van der Waals surface area contributed by atoms with Gasteiger partial charge < -0.3 is 5.32 Å². The average molecular weight is 299 g/mol. The fraction of sp³-hybridized carbons (Fsp3) is 0.250. The summed E-state index contributed by atoms with van der Waals surface area (Å²) in [5.41, 5.74) is -0.166. The first-order valence-corrected chi connectivity index (χ1v) is 6.22. The van der Waals surface area contributed by atoms with E-state index in [9.17, 15) is 14.5 Å². The minimum absolute atomic E-state index is 0.0940. The molecule has 0 radical (unpaired) electrons. The van der Waals surface area contributed by atoms with Crippen molar-refractivity contribution in [2.75, 3.05) is 5.32 Å². The predicted octanol–water partition coefficient (Wildman–Crippen LogP) is 3.08. The van der Waals surface area contributed by atoms with Gasteiger partial charge >= 0.3 is 0 Å². The van der Waals surface area contributed by atoms with E-state index < -0.39 is 10.7 Å². The molecule has 0 aliphatic rings. The number of nitrogens with one attached hydrogen (secondary N) is 1. The highest BCUT2D eigenvalue weighted by atomic mass is 35.5. The molecule has 0 amide bonds. The molecule has 1 aromatic heterocycles. The monoisotopic (exact) mass is 298 g/mol. The predicted molar refractivity (Wildman–Crippen MR) is 73.4 cm³/mol. The molecule has 1 heterocycles. The summed E-state index contributed by atoms with van der Waals surface area (Å²) in [6.07, 6.45) is 3.41. The number of nitrogens with zero attached hydrogens (tertiary/aromatic N) is 3. The average Bonchev–Trinajstić information content (AvgIpc) is 2.85. The SMILES string of the molecule is CC(Cn1cccn1)Nc1cc(F)c(Cl)cc1[N+](=O)[O-]. The number of hydrogen-bond donors (Lipinski definition) is 1. The zero-order valence-electron chi connectivity index (χ0n) is 10.6. The van der Waals surface area contributed by atoms with Crippen LogP contribution in [0, 0.1) is 15.9 Å². The third kappa shape index (κ3) is 3.24. The number of nitro benzene ring substituents is 1. The van der Waals surface area contributed by atoms with Crippen molar-refractivity contribution >= 4 is 23.0 Å². The van der Waals surface area contributed by atoms with Crippen molar-refractivity contribution < 1.29 is 9.31 Å². The highest BCUT2D eigenvalue weighted by Crippen LogP contribution is 2.30. The maximum atomic E-state index is 13.4. The Morgan fingerprint density at radius 1 is 1.60 bits per heavy atom. The van der Waals surface area contributed by atoms with Crippen LogP contribution in [-0.2, 0) is 6.54 Å². The molecule has 8 heteroatoms. The van der Waals surface area contributed by atoms with Crippen LogP contribution < -0.4 is 5.32 Å². The summed E-state index contributed by atoms with van der Waals surface area (Å²) in [5.74, 6) is -0.703. The molecule has 0 saturated carbocycles. The zero-order chi connectivity index (χ0) is 14.7. The van der Waals surface area contributed by atoms with Crippen LogP contribution in [0.2, 0.25) is 5.02 Å². The second kappa shape index (κ2) is 5.87. The topological polar surface area (TPSA) is 73.0 Å². The van der Waals surface area contributed by atoms with Gasteiger partial charge in [0.15, 0.2) is 0 Å². The summed E-state index contributed by atoms with van der Waals surface area (Å²) in [7, 11) is 0. The molecular formula is C12H12ClFN4O2. The van der Waals surface area contributed by atoms with Gasteiger partial charge in [0.25, 0.3) is 5.69 Å². The molecule has 0 aliphatic carbocycles. The van der Waals surface area contributed by atoms with Gasteiger partial charge in [-0.1, -0.05) is 11.6 Å². The Labute approximate surface area is 119 Å². The quantitative estimate of drug-likeness (QED) is 0.680. The molecule has 6 nitrogen and oxygen atoms in total. The summed E-state index contributed by atoms with van der Waals surface area (Å²) in [6, 6.07) is 3.63. The number of anilines is 1. The molecule has 1 unspecified atom stereocenters. The van der Waals surface area contributed by atoms with E-state index in [2.05, 4.69) is 10.4 Å². The van der Waals surface area contributed by atoms with Crippen molar-refractivity contribution in [1.29, 1.82) is 0 Å². The van der Waals surface area contributed by atoms with E-state index in [1.54, 1.807) is 23.1 Å². The second-order valence-corrected chi connectivity index (χ2v) is 4.72. The summed E-state index contributed by atoms with van der Waals surface area (Å²) < 4.78 is 15.1. The summed E-state index contributed by atoms with van der Waals surface area (Å²) in [5, 5.41) is 17.6. The van der Waals surface area contributed by atoms with Gasteiger partial charge in [-0.05, 0) is 13.0 Å². The first kappa shape index (κ1) is 14.3. The molecule has 20 heavy (non-hydrogen) atoms. The van der Waals surface area contributed by atoms with Crippen molar-refractivity contribution in [1.82, 2.24) is 9.78 Å². The van der Waals surface area contributed by atoms with Crippen molar-refractivity contribution in [2.45, 2.75) is 19.5 Å². The number of nitro groups is 1. The molecule has 1 aromatic carbocycles. The van der Waals surface area contributed by atoms with Gasteiger partial charge in [-0.15, -0.1) is 0 Å². The Morgan fingerprint density at radius 2 is 2.35 bits per heavy atom. The second-order valence-electron chi connectivity index (χ2n) is 4.31. The van der Waals surface area contributed by atoms with E-state index in [1.807, 2.05) is 6.92 Å². The van der Waals surface area contributed by atoms with E-state index in [4.69, 9.17) is 11.6 Å². The first-order valence-electron chi connectivity index (χ1n) is 5.84. The van der Waals surface area contributed by atoms with Gasteiger partial charge in [-0.2, -0.15) is 5.10 Å². The van der Waals surface area contributed by atoms with E-state index in [1.165, 1.54) is 0 Å². The largest absolute Gasteiger partial charge is 0.375 e. The highest BCUT2D eigenvalue weighted by molar-refractivity contribution is 6.31. The molecule has 1 atom stereocenters. The van der Waals surface area contributed by atoms with Crippen molar-refractivity contribution in [3.8, 4) is 0 Å². The number of hydrogen-bond acceptors (Lipinski definition) is 4. The van der Waals surface area contributed by atoms with Crippen LogP contribution in [-0.4, -0.2) is 20.7 Å². The van der Waals surface area contributed by atoms with E-state index in [0.29, 0.717) is 6.54 Å². The van der Waals surface area contributed by atoms with Crippen LogP contribution in [0.5, 0.6) is 0 Å². The lowest BCUT2D eigenvalue weighted by molar-refractivity contribution is -0.384. The molecule has 0 fully saturated rings. The molecule has 1 N–H and O–H groups in total. The minimum atomic E-state index is -0.703. The number of rotatable bonds is 5. The van der Waals surface area contributed by atoms with Gasteiger partial charge in [0.05, 0.1) is 16.5 Å². The summed E-state index contributed by atoms with van der Waals surface area (Å²) in [6.45, 7) is 2.31. The molecule has 0 aliphatic heterocycles. The van der Waals surface area contributed by atoms with Crippen LogP contribution in [0.4, 0.5) is 15.8 Å². The molecule has 0 spiro atoms. The zero-order valence-corrected chi connectivity index (χ0v) is 11.3. The van der Waals surface area contributed by atoms with Crippen molar-refractivity contribution in [3.05, 3.63) is 51.5 Å². The molecule has 0 bridgehead atoms. The Bertz CT molecular complexity index is 618. The minimum Gasteiger partial charge on any atom is -0.375 e.